The molecule has 0 fully saturated rings. The van der Waals surface area contributed by atoms with Crippen molar-refractivity contribution in [3.05, 3.63) is 236 Å². The highest BCUT2D eigenvalue weighted by Gasteiger charge is 2.29. The standard InChI is InChI=1S/C19H17S2.C19H17S.C13H13S.6C2H6/c1-20-16-12-14-19(15-13-16)21(17-8-4-2-5-9-17)18-10-6-3-7-11-18;1-16-12-14-19(15-13-16)20(17-8-4-2-5-9-17)18-10-6-3-7-11-18;1-14(12-8-4-2-5-9-12)13-10-6-3-7-11-13;6*1-2/h2-15H,1H3;2-15H,1H3;2-11H,1H3;6*1-2H3/q3*+1;;;;;;. The Morgan fingerprint density at radius 2 is 0.448 bits per heavy atom. The molecule has 0 aliphatic carbocycles. The summed E-state index contributed by atoms with van der Waals surface area (Å²) in [5.41, 5.74) is 1.30. The minimum atomic E-state index is -0.0341. The fraction of sp³-hybridized carbons (Fsp3) is 0.238. The zero-order valence-corrected chi connectivity index (χ0v) is 46.8. The average molecular weight is 969 g/mol. The number of thioether (sulfide) groups is 1. The molecule has 0 unspecified atom stereocenters. The van der Waals surface area contributed by atoms with Crippen LogP contribution in [0.3, 0.4) is 0 Å². The number of aryl methyl sites for hydroxylation is 1. The Hall–Kier alpha value is -4.84. The van der Waals surface area contributed by atoms with Crippen LogP contribution in [0.4, 0.5) is 0 Å². The summed E-state index contributed by atoms with van der Waals surface area (Å²) in [5.74, 6) is 0. The van der Waals surface area contributed by atoms with Crippen molar-refractivity contribution >= 4 is 44.4 Å². The van der Waals surface area contributed by atoms with Gasteiger partial charge < -0.3 is 0 Å². The zero-order valence-electron chi connectivity index (χ0n) is 43.6. The summed E-state index contributed by atoms with van der Waals surface area (Å²) in [6.07, 6.45) is 4.38. The Kier molecular flexibility index (Phi) is 38.4. The molecule has 0 spiro atoms. The zero-order chi connectivity index (χ0) is 50.1. The minimum Gasteiger partial charge on any atom is -0.130 e. The molecule has 8 rings (SSSR count). The average Bonchev–Trinajstić information content (AvgIpc) is 3.45. The van der Waals surface area contributed by atoms with E-state index in [1.165, 1.54) is 49.6 Å². The lowest BCUT2D eigenvalue weighted by atomic mass is 10.2. The van der Waals surface area contributed by atoms with Gasteiger partial charge in [-0.1, -0.05) is 210 Å². The van der Waals surface area contributed by atoms with Crippen molar-refractivity contribution in [2.75, 3.05) is 12.5 Å². The summed E-state index contributed by atoms with van der Waals surface area (Å²) in [5, 5.41) is 0. The summed E-state index contributed by atoms with van der Waals surface area (Å²) in [6.45, 7) is 26.1. The van der Waals surface area contributed by atoms with Crippen molar-refractivity contribution in [3.63, 3.8) is 0 Å². The van der Waals surface area contributed by atoms with Crippen LogP contribution < -0.4 is 0 Å². The third-order valence-electron chi connectivity index (χ3n) is 8.66. The summed E-state index contributed by atoms with van der Waals surface area (Å²) < 4.78 is 0. The molecule has 0 aromatic heterocycles. The highest BCUT2D eigenvalue weighted by molar-refractivity contribution is 7.98. The van der Waals surface area contributed by atoms with Gasteiger partial charge in [0.25, 0.3) is 0 Å². The lowest BCUT2D eigenvalue weighted by molar-refractivity contribution is 1.29. The van der Waals surface area contributed by atoms with E-state index in [4.69, 9.17) is 0 Å². The molecule has 0 radical (unpaired) electrons. The quantitative estimate of drug-likeness (QED) is 0.103. The van der Waals surface area contributed by atoms with Crippen LogP contribution in [0, 0.1) is 6.92 Å². The van der Waals surface area contributed by atoms with Crippen LogP contribution in [0.15, 0.2) is 275 Å². The maximum atomic E-state index is 2.27. The van der Waals surface area contributed by atoms with E-state index >= 15 is 0 Å². The first-order valence-corrected chi connectivity index (χ1v) is 29.6. The van der Waals surface area contributed by atoms with Gasteiger partial charge in [0.2, 0.25) is 0 Å². The molecule has 0 bridgehead atoms. The largest absolute Gasteiger partial charge is 0.166 e. The van der Waals surface area contributed by atoms with Gasteiger partial charge in [-0.15, -0.1) is 11.8 Å². The molecular formula is C63H83S4+3. The summed E-state index contributed by atoms with van der Waals surface area (Å²) >= 11 is 1.78. The van der Waals surface area contributed by atoms with Crippen LogP contribution in [0.2, 0.25) is 0 Å². The SMILES string of the molecule is CC.CC.CC.CC.CC.CC.CSc1ccc([S+](c2ccccc2)c2ccccc2)cc1.C[S+](c1ccccc1)c1ccccc1.Cc1ccc([S+](c2ccccc2)c2ccccc2)cc1. The predicted molar refractivity (Wildman–Crippen MR) is 310 cm³/mol. The molecule has 8 aromatic carbocycles. The second kappa shape index (κ2) is 41.4. The molecular weight excluding hydrogens is 885 g/mol. The molecule has 356 valence electrons. The Balaban J connectivity index is 0.000000887. The van der Waals surface area contributed by atoms with Gasteiger partial charge in [0, 0.05) is 4.90 Å². The van der Waals surface area contributed by atoms with Crippen molar-refractivity contribution in [1.82, 2.24) is 0 Å². The lowest BCUT2D eigenvalue weighted by Gasteiger charge is -2.08. The predicted octanol–water partition coefficient (Wildman–Crippen LogP) is 20.1. The smallest absolute Gasteiger partial charge is 0.130 e. The van der Waals surface area contributed by atoms with E-state index in [2.05, 4.69) is 250 Å². The molecule has 0 heterocycles. The second-order valence-corrected chi connectivity index (χ2v) is 19.4. The van der Waals surface area contributed by atoms with Crippen LogP contribution >= 0.6 is 11.8 Å². The van der Waals surface area contributed by atoms with Gasteiger partial charge in [-0.3, -0.25) is 0 Å². The molecule has 0 aliphatic heterocycles. The highest BCUT2D eigenvalue weighted by Crippen LogP contribution is 2.33. The van der Waals surface area contributed by atoms with E-state index in [-0.39, 0.29) is 32.7 Å². The van der Waals surface area contributed by atoms with Gasteiger partial charge in [0.05, 0.1) is 32.7 Å². The van der Waals surface area contributed by atoms with Gasteiger partial charge in [-0.05, 0) is 122 Å². The number of hydrogen-bond acceptors (Lipinski definition) is 1. The van der Waals surface area contributed by atoms with E-state index in [0.29, 0.717) is 0 Å². The molecule has 0 atom stereocenters. The van der Waals surface area contributed by atoms with Crippen molar-refractivity contribution < 1.29 is 0 Å². The number of rotatable bonds is 9. The van der Waals surface area contributed by atoms with Gasteiger partial charge in [-0.2, -0.15) is 0 Å². The molecule has 0 aliphatic rings. The molecule has 0 nitrogen and oxygen atoms in total. The Morgan fingerprint density at radius 1 is 0.254 bits per heavy atom. The number of hydrogen-bond donors (Lipinski definition) is 0. The summed E-state index contributed by atoms with van der Waals surface area (Å²) in [4.78, 5) is 12.3. The normalized spacial score (nSPS) is 9.28. The van der Waals surface area contributed by atoms with Crippen LogP contribution in [0.25, 0.3) is 0 Å². The Morgan fingerprint density at radius 3 is 0.672 bits per heavy atom. The molecule has 8 aromatic rings. The summed E-state index contributed by atoms with van der Waals surface area (Å²) in [7, 11) is 0.146. The maximum absolute atomic E-state index is 2.27. The fourth-order valence-electron chi connectivity index (χ4n) is 5.81. The van der Waals surface area contributed by atoms with Gasteiger partial charge >= 0.3 is 0 Å². The van der Waals surface area contributed by atoms with E-state index in [1.54, 1.807) is 11.8 Å². The van der Waals surface area contributed by atoms with Crippen molar-refractivity contribution in [3.8, 4) is 0 Å². The van der Waals surface area contributed by atoms with Gasteiger partial charge in [0.15, 0.2) is 39.2 Å². The Labute approximate surface area is 424 Å². The van der Waals surface area contributed by atoms with Crippen molar-refractivity contribution in [2.24, 2.45) is 0 Å². The first-order chi connectivity index (χ1) is 33.1. The first-order valence-electron chi connectivity index (χ1n) is 24.3. The second-order valence-electron chi connectivity index (χ2n) is 12.5. The van der Waals surface area contributed by atoms with Crippen LogP contribution in [-0.4, -0.2) is 12.5 Å². The third-order valence-corrected chi connectivity index (χ3v) is 15.8. The topological polar surface area (TPSA) is 0 Å². The van der Waals surface area contributed by atoms with Crippen LogP contribution in [0.1, 0.15) is 88.6 Å². The molecule has 0 saturated heterocycles. The molecule has 0 N–H and O–H groups in total. The highest BCUT2D eigenvalue weighted by atomic mass is 32.2. The fourth-order valence-corrected chi connectivity index (χ4v) is 11.8. The van der Waals surface area contributed by atoms with E-state index in [9.17, 15) is 0 Å². The Bertz CT molecular complexity index is 2110. The molecule has 4 heteroatoms. The van der Waals surface area contributed by atoms with E-state index in [1.807, 2.05) is 83.1 Å². The van der Waals surface area contributed by atoms with Crippen molar-refractivity contribution in [2.45, 2.75) is 134 Å². The van der Waals surface area contributed by atoms with Crippen molar-refractivity contribution in [1.29, 1.82) is 0 Å². The monoisotopic (exact) mass is 968 g/mol. The third kappa shape index (κ3) is 22.7. The van der Waals surface area contributed by atoms with E-state index in [0.717, 1.165) is 0 Å². The maximum Gasteiger partial charge on any atom is 0.166 e. The van der Waals surface area contributed by atoms with Gasteiger partial charge in [0.1, 0.15) is 6.26 Å². The first kappa shape index (κ1) is 62.2. The number of benzene rings is 8. The van der Waals surface area contributed by atoms with E-state index < -0.39 is 0 Å². The lowest BCUT2D eigenvalue weighted by Crippen LogP contribution is -2.04. The summed E-state index contributed by atoms with van der Waals surface area (Å²) in [6, 6.07) is 82.1. The molecule has 67 heavy (non-hydrogen) atoms. The van der Waals surface area contributed by atoms with Crippen LogP contribution in [0.5, 0.6) is 0 Å². The molecule has 0 amide bonds. The molecule has 0 saturated carbocycles. The van der Waals surface area contributed by atoms with Gasteiger partial charge in [-0.25, -0.2) is 0 Å². The van der Waals surface area contributed by atoms with Crippen LogP contribution in [-0.2, 0) is 32.7 Å². The minimum absolute atomic E-state index is 0.0229.